The van der Waals surface area contributed by atoms with Crippen LogP contribution in [-0.2, 0) is 22.6 Å². The van der Waals surface area contributed by atoms with E-state index in [0.717, 1.165) is 44.3 Å². The molecule has 2 aromatic heterocycles. The topological polar surface area (TPSA) is 52.4 Å². The second-order valence-corrected chi connectivity index (χ2v) is 7.07. The Morgan fingerprint density at radius 1 is 1.16 bits per heavy atom. The maximum atomic E-state index is 6.00. The lowest BCUT2D eigenvalue weighted by molar-refractivity contribution is 0.0313. The number of fused-ring (bicyclic) bond motifs is 1. The molecule has 0 spiro atoms. The SMILES string of the molecule is c1cc(COC[C@H]2CN(CC3CCOCC3)Cc3cncn32)ccn1. The van der Waals surface area contributed by atoms with E-state index >= 15 is 0 Å². The number of rotatable bonds is 6. The van der Waals surface area contributed by atoms with Gasteiger partial charge in [-0.3, -0.25) is 9.88 Å². The van der Waals surface area contributed by atoms with Gasteiger partial charge in [0.1, 0.15) is 0 Å². The predicted molar refractivity (Wildman–Crippen MR) is 94.0 cm³/mol. The van der Waals surface area contributed by atoms with Gasteiger partial charge in [0.15, 0.2) is 0 Å². The predicted octanol–water partition coefficient (Wildman–Crippen LogP) is 2.28. The fraction of sp³-hybridized carbons (Fsp3) is 0.579. The molecule has 2 aliphatic heterocycles. The fourth-order valence-corrected chi connectivity index (χ4v) is 3.82. The van der Waals surface area contributed by atoms with Crippen LogP contribution < -0.4 is 0 Å². The Hall–Kier alpha value is -1.76. The molecule has 2 aliphatic rings. The maximum Gasteiger partial charge on any atom is 0.0952 e. The van der Waals surface area contributed by atoms with Gasteiger partial charge in [-0.05, 0) is 36.5 Å². The van der Waals surface area contributed by atoms with E-state index in [-0.39, 0.29) is 0 Å². The Balaban J connectivity index is 1.35. The highest BCUT2D eigenvalue weighted by atomic mass is 16.5. The molecule has 0 aromatic carbocycles. The van der Waals surface area contributed by atoms with Crippen LogP contribution in [-0.4, -0.2) is 52.3 Å². The summed E-state index contributed by atoms with van der Waals surface area (Å²) in [6, 6.07) is 4.33. The summed E-state index contributed by atoms with van der Waals surface area (Å²) in [5.41, 5.74) is 2.45. The fourth-order valence-electron chi connectivity index (χ4n) is 3.82. The molecule has 0 radical (unpaired) electrons. The molecule has 2 aromatic rings. The number of nitrogens with zero attached hydrogens (tertiary/aromatic N) is 4. The zero-order valence-corrected chi connectivity index (χ0v) is 14.6. The number of pyridine rings is 1. The monoisotopic (exact) mass is 342 g/mol. The summed E-state index contributed by atoms with van der Waals surface area (Å²) in [7, 11) is 0. The molecule has 0 amide bonds. The summed E-state index contributed by atoms with van der Waals surface area (Å²) in [6.07, 6.45) is 9.91. The zero-order chi connectivity index (χ0) is 16.9. The van der Waals surface area contributed by atoms with E-state index in [4.69, 9.17) is 9.47 Å². The molecule has 134 valence electrons. The van der Waals surface area contributed by atoms with Crippen LogP contribution in [0.2, 0.25) is 0 Å². The van der Waals surface area contributed by atoms with Gasteiger partial charge in [0, 0.05) is 51.4 Å². The van der Waals surface area contributed by atoms with E-state index in [1.54, 1.807) is 0 Å². The first-order valence-corrected chi connectivity index (χ1v) is 9.16. The lowest BCUT2D eigenvalue weighted by atomic mass is 9.99. The standard InChI is InChI=1S/C19H26N4O2/c1-5-20-6-2-17(1)13-25-14-19-12-22(10-16-3-7-24-8-4-16)11-18-9-21-15-23(18)19/h1-2,5-6,9,15-16,19H,3-4,7-8,10-14H2/t19-/m1/s1. The van der Waals surface area contributed by atoms with E-state index in [2.05, 4.69) is 19.4 Å². The van der Waals surface area contributed by atoms with Crippen molar-refractivity contribution in [3.63, 3.8) is 0 Å². The first-order chi connectivity index (χ1) is 12.4. The van der Waals surface area contributed by atoms with Crippen molar-refractivity contribution in [1.82, 2.24) is 19.4 Å². The lowest BCUT2D eigenvalue weighted by Crippen LogP contribution is -2.41. The molecule has 6 nitrogen and oxygen atoms in total. The third kappa shape index (κ3) is 4.26. The first-order valence-electron chi connectivity index (χ1n) is 9.16. The maximum absolute atomic E-state index is 6.00. The third-order valence-electron chi connectivity index (χ3n) is 5.18. The third-order valence-corrected chi connectivity index (χ3v) is 5.18. The minimum Gasteiger partial charge on any atom is -0.381 e. The molecule has 6 heteroatoms. The van der Waals surface area contributed by atoms with E-state index in [9.17, 15) is 0 Å². The molecule has 0 saturated carbocycles. The Labute approximate surface area is 148 Å². The number of hydrogen-bond acceptors (Lipinski definition) is 5. The summed E-state index contributed by atoms with van der Waals surface area (Å²) in [4.78, 5) is 11.0. The van der Waals surface area contributed by atoms with Crippen molar-refractivity contribution < 1.29 is 9.47 Å². The Morgan fingerprint density at radius 2 is 2.00 bits per heavy atom. The number of imidazole rings is 1. The van der Waals surface area contributed by atoms with Gasteiger partial charge in [-0.1, -0.05) is 0 Å². The molecule has 4 heterocycles. The molecule has 4 rings (SSSR count). The minimum absolute atomic E-state index is 0.327. The molecule has 0 unspecified atom stereocenters. The highest BCUT2D eigenvalue weighted by molar-refractivity contribution is 5.08. The largest absolute Gasteiger partial charge is 0.381 e. The second kappa shape index (κ2) is 8.08. The summed E-state index contributed by atoms with van der Waals surface area (Å²) in [5.74, 6) is 0.751. The van der Waals surface area contributed by atoms with E-state index in [0.29, 0.717) is 19.3 Å². The second-order valence-electron chi connectivity index (χ2n) is 7.07. The van der Waals surface area contributed by atoms with Crippen molar-refractivity contribution in [3.8, 4) is 0 Å². The average molecular weight is 342 g/mol. The van der Waals surface area contributed by atoms with Gasteiger partial charge in [-0.15, -0.1) is 0 Å². The summed E-state index contributed by atoms with van der Waals surface area (Å²) in [5, 5.41) is 0. The summed E-state index contributed by atoms with van der Waals surface area (Å²) >= 11 is 0. The van der Waals surface area contributed by atoms with Crippen molar-refractivity contribution in [2.75, 3.05) is 32.9 Å². The highest BCUT2D eigenvalue weighted by Crippen LogP contribution is 2.24. The van der Waals surface area contributed by atoms with Gasteiger partial charge in [-0.2, -0.15) is 0 Å². The highest BCUT2D eigenvalue weighted by Gasteiger charge is 2.27. The van der Waals surface area contributed by atoms with Gasteiger partial charge in [0.25, 0.3) is 0 Å². The van der Waals surface area contributed by atoms with Crippen molar-refractivity contribution in [2.45, 2.75) is 32.0 Å². The zero-order valence-electron chi connectivity index (χ0n) is 14.6. The van der Waals surface area contributed by atoms with Crippen LogP contribution in [0.5, 0.6) is 0 Å². The Morgan fingerprint density at radius 3 is 2.84 bits per heavy atom. The van der Waals surface area contributed by atoms with Crippen LogP contribution in [0.15, 0.2) is 37.1 Å². The van der Waals surface area contributed by atoms with Gasteiger partial charge >= 0.3 is 0 Å². The molecule has 0 bridgehead atoms. The minimum atomic E-state index is 0.327. The van der Waals surface area contributed by atoms with E-state index in [1.807, 2.05) is 37.1 Å². The van der Waals surface area contributed by atoms with Crippen LogP contribution >= 0.6 is 0 Å². The van der Waals surface area contributed by atoms with Crippen LogP contribution in [0, 0.1) is 5.92 Å². The van der Waals surface area contributed by atoms with Gasteiger partial charge in [0.05, 0.1) is 31.3 Å². The Bertz CT molecular complexity index is 654. The molecule has 1 fully saturated rings. The average Bonchev–Trinajstić information content (AvgIpc) is 3.12. The van der Waals surface area contributed by atoms with Crippen molar-refractivity contribution in [2.24, 2.45) is 5.92 Å². The van der Waals surface area contributed by atoms with Crippen LogP contribution in [0.4, 0.5) is 0 Å². The van der Waals surface area contributed by atoms with E-state index in [1.165, 1.54) is 18.5 Å². The number of hydrogen-bond donors (Lipinski definition) is 0. The van der Waals surface area contributed by atoms with Gasteiger partial charge < -0.3 is 14.0 Å². The smallest absolute Gasteiger partial charge is 0.0952 e. The normalized spacial score (nSPS) is 22.0. The first kappa shape index (κ1) is 16.7. The van der Waals surface area contributed by atoms with Crippen LogP contribution in [0.3, 0.4) is 0 Å². The lowest BCUT2D eigenvalue weighted by Gasteiger charge is -2.37. The molecular weight excluding hydrogens is 316 g/mol. The molecule has 25 heavy (non-hydrogen) atoms. The molecule has 0 N–H and O–H groups in total. The van der Waals surface area contributed by atoms with Gasteiger partial charge in [0.2, 0.25) is 0 Å². The van der Waals surface area contributed by atoms with Gasteiger partial charge in [-0.25, -0.2) is 4.98 Å². The van der Waals surface area contributed by atoms with E-state index < -0.39 is 0 Å². The molecule has 0 aliphatic carbocycles. The summed E-state index contributed by atoms with van der Waals surface area (Å²) in [6.45, 7) is 6.31. The van der Waals surface area contributed by atoms with Crippen molar-refractivity contribution >= 4 is 0 Å². The van der Waals surface area contributed by atoms with Crippen molar-refractivity contribution in [1.29, 1.82) is 0 Å². The quantitative estimate of drug-likeness (QED) is 0.806. The van der Waals surface area contributed by atoms with Crippen molar-refractivity contribution in [3.05, 3.63) is 48.3 Å². The summed E-state index contributed by atoms with van der Waals surface area (Å²) < 4.78 is 13.8. The van der Waals surface area contributed by atoms with Crippen LogP contribution in [0.1, 0.15) is 30.1 Å². The Kier molecular flexibility index (Phi) is 5.40. The molecular formula is C19H26N4O2. The number of ether oxygens (including phenoxy) is 2. The molecule has 1 saturated heterocycles. The number of aromatic nitrogens is 3. The molecule has 1 atom stereocenters. The van der Waals surface area contributed by atoms with Crippen LogP contribution in [0.25, 0.3) is 0 Å².